The van der Waals surface area contributed by atoms with E-state index in [9.17, 15) is 4.79 Å². The summed E-state index contributed by atoms with van der Waals surface area (Å²) in [7, 11) is 0. The van der Waals surface area contributed by atoms with Crippen molar-refractivity contribution in [1.82, 2.24) is 15.3 Å². The Morgan fingerprint density at radius 1 is 1.17 bits per heavy atom. The molecule has 4 heteroatoms. The number of hydrogen-bond donors (Lipinski definition) is 1. The van der Waals surface area contributed by atoms with Crippen LogP contribution in [0.1, 0.15) is 62.0 Å². The molecule has 1 N–H and O–H groups in total. The molecule has 1 heterocycles. The molecule has 100 valence electrons. The van der Waals surface area contributed by atoms with Crippen LogP contribution in [0, 0.1) is 13.8 Å². The highest BCUT2D eigenvalue weighted by molar-refractivity contribution is 5.92. The van der Waals surface area contributed by atoms with Crippen molar-refractivity contribution >= 4 is 5.91 Å². The lowest BCUT2D eigenvalue weighted by molar-refractivity contribution is 0.0882. The average molecular weight is 249 g/mol. The number of rotatable bonds is 5. The van der Waals surface area contributed by atoms with Gasteiger partial charge >= 0.3 is 0 Å². The first-order chi connectivity index (χ1) is 8.46. The van der Waals surface area contributed by atoms with Gasteiger partial charge in [-0.2, -0.15) is 0 Å². The molecule has 0 atom stereocenters. The monoisotopic (exact) mass is 249 g/mol. The average Bonchev–Trinajstić information content (AvgIpc) is 2.35. The maximum absolute atomic E-state index is 12.2. The molecular weight excluding hydrogens is 226 g/mol. The summed E-state index contributed by atoms with van der Waals surface area (Å²) >= 11 is 0. The lowest BCUT2D eigenvalue weighted by Crippen LogP contribution is -2.47. The van der Waals surface area contributed by atoms with E-state index in [4.69, 9.17) is 0 Å². The molecule has 0 aliphatic carbocycles. The fourth-order valence-corrected chi connectivity index (χ4v) is 2.15. The fraction of sp³-hybridized carbons (Fsp3) is 0.643. The molecule has 1 aromatic heterocycles. The minimum atomic E-state index is -0.121. The molecule has 0 saturated carbocycles. The zero-order valence-electron chi connectivity index (χ0n) is 12.0. The van der Waals surface area contributed by atoms with Crippen molar-refractivity contribution in [2.24, 2.45) is 0 Å². The molecule has 1 amide bonds. The number of nitrogens with zero attached hydrogens (tertiary/aromatic N) is 2. The number of nitrogens with one attached hydrogen (secondary N) is 1. The van der Waals surface area contributed by atoms with Crippen molar-refractivity contribution < 1.29 is 4.79 Å². The van der Waals surface area contributed by atoms with Gasteiger partial charge < -0.3 is 5.32 Å². The van der Waals surface area contributed by atoms with E-state index >= 15 is 0 Å². The molecule has 1 rings (SSSR count). The summed E-state index contributed by atoms with van der Waals surface area (Å²) in [6.45, 7) is 9.98. The molecular formula is C14H23N3O. The van der Waals surface area contributed by atoms with Gasteiger partial charge in [-0.1, -0.05) is 20.8 Å². The van der Waals surface area contributed by atoms with Gasteiger partial charge in [-0.25, -0.2) is 9.97 Å². The molecule has 18 heavy (non-hydrogen) atoms. The summed E-state index contributed by atoms with van der Waals surface area (Å²) in [4.78, 5) is 20.6. The first-order valence-electron chi connectivity index (χ1n) is 6.61. The maximum atomic E-state index is 12.2. The maximum Gasteiger partial charge on any atom is 0.270 e. The number of carbonyl (C=O) groups excluding carboxylic acids is 1. The van der Waals surface area contributed by atoms with Crippen LogP contribution in [0.25, 0.3) is 0 Å². The van der Waals surface area contributed by atoms with Gasteiger partial charge in [0.2, 0.25) is 0 Å². The Labute approximate surface area is 109 Å². The molecule has 0 spiro atoms. The van der Waals surface area contributed by atoms with Crippen LogP contribution in [0.15, 0.2) is 6.07 Å². The van der Waals surface area contributed by atoms with Crippen molar-refractivity contribution in [3.63, 3.8) is 0 Å². The molecule has 0 aliphatic heterocycles. The Morgan fingerprint density at radius 3 is 2.17 bits per heavy atom. The molecule has 0 aromatic carbocycles. The van der Waals surface area contributed by atoms with Gasteiger partial charge in [0.05, 0.1) is 0 Å². The van der Waals surface area contributed by atoms with Crippen molar-refractivity contribution in [3.8, 4) is 0 Å². The second kappa shape index (κ2) is 5.94. The summed E-state index contributed by atoms with van der Waals surface area (Å²) in [5.41, 5.74) is 1.16. The van der Waals surface area contributed by atoms with Gasteiger partial charge in [-0.15, -0.1) is 0 Å². The largest absolute Gasteiger partial charge is 0.345 e. The lowest BCUT2D eigenvalue weighted by Gasteiger charge is -2.31. The second-order valence-electron chi connectivity index (χ2n) is 4.74. The summed E-state index contributed by atoms with van der Waals surface area (Å²) in [5.74, 6) is 0.532. The van der Waals surface area contributed by atoms with Crippen LogP contribution in [-0.2, 0) is 0 Å². The summed E-state index contributed by atoms with van der Waals surface area (Å²) in [6.07, 6.45) is 2.78. The van der Waals surface area contributed by atoms with Gasteiger partial charge in [-0.3, -0.25) is 4.79 Å². The van der Waals surface area contributed by atoms with Crippen LogP contribution in [0.2, 0.25) is 0 Å². The quantitative estimate of drug-likeness (QED) is 0.873. The van der Waals surface area contributed by atoms with Gasteiger partial charge in [0.15, 0.2) is 0 Å². The van der Waals surface area contributed by atoms with E-state index in [1.807, 2.05) is 6.92 Å². The molecule has 0 fully saturated rings. The third-order valence-electron chi connectivity index (χ3n) is 3.61. The molecule has 0 radical (unpaired) electrons. The number of aromatic nitrogens is 2. The van der Waals surface area contributed by atoms with Crippen LogP contribution in [0.3, 0.4) is 0 Å². The number of carbonyl (C=O) groups is 1. The van der Waals surface area contributed by atoms with E-state index in [-0.39, 0.29) is 11.4 Å². The van der Waals surface area contributed by atoms with E-state index < -0.39 is 0 Å². The number of hydrogen-bond acceptors (Lipinski definition) is 3. The Hall–Kier alpha value is -1.45. The normalized spacial score (nSPS) is 11.4. The van der Waals surface area contributed by atoms with Crippen LogP contribution in [0.5, 0.6) is 0 Å². The summed E-state index contributed by atoms with van der Waals surface area (Å²) < 4.78 is 0. The molecule has 0 saturated heterocycles. The summed E-state index contributed by atoms with van der Waals surface area (Å²) in [5, 5.41) is 3.12. The van der Waals surface area contributed by atoms with Gasteiger partial charge in [0, 0.05) is 11.2 Å². The predicted octanol–water partition coefficient (Wildman–Crippen LogP) is 2.79. The van der Waals surface area contributed by atoms with Gasteiger partial charge in [0.25, 0.3) is 5.91 Å². The molecule has 0 aliphatic rings. The molecule has 0 unspecified atom stereocenters. The topological polar surface area (TPSA) is 54.9 Å². The van der Waals surface area contributed by atoms with Crippen LogP contribution < -0.4 is 5.32 Å². The van der Waals surface area contributed by atoms with E-state index in [1.54, 1.807) is 13.0 Å². The smallest absolute Gasteiger partial charge is 0.270 e. The predicted molar refractivity (Wildman–Crippen MR) is 72.6 cm³/mol. The Kier molecular flexibility index (Phi) is 4.82. The van der Waals surface area contributed by atoms with Crippen LogP contribution in [0.4, 0.5) is 0 Å². The first-order valence-corrected chi connectivity index (χ1v) is 6.61. The zero-order chi connectivity index (χ0) is 13.8. The highest BCUT2D eigenvalue weighted by Gasteiger charge is 2.26. The Morgan fingerprint density at radius 2 is 1.72 bits per heavy atom. The molecule has 0 bridgehead atoms. The number of amides is 1. The SMILES string of the molecule is CCC(CC)(CC)NC(=O)c1cc(C)nc(C)n1. The van der Waals surface area contributed by atoms with E-state index in [0.717, 1.165) is 25.0 Å². The highest BCUT2D eigenvalue weighted by Crippen LogP contribution is 2.19. The zero-order valence-corrected chi connectivity index (χ0v) is 12.0. The Balaban J connectivity index is 2.94. The second-order valence-corrected chi connectivity index (χ2v) is 4.74. The number of aryl methyl sites for hydroxylation is 2. The molecule has 4 nitrogen and oxygen atoms in total. The minimum Gasteiger partial charge on any atom is -0.345 e. The van der Waals surface area contributed by atoms with E-state index in [2.05, 4.69) is 36.1 Å². The van der Waals surface area contributed by atoms with Crippen molar-refractivity contribution in [2.45, 2.75) is 59.4 Å². The van der Waals surface area contributed by atoms with Crippen molar-refractivity contribution in [3.05, 3.63) is 23.3 Å². The van der Waals surface area contributed by atoms with Crippen molar-refractivity contribution in [1.29, 1.82) is 0 Å². The molecule has 1 aromatic rings. The third kappa shape index (κ3) is 3.28. The fourth-order valence-electron chi connectivity index (χ4n) is 2.15. The lowest BCUT2D eigenvalue weighted by atomic mass is 9.89. The van der Waals surface area contributed by atoms with Crippen molar-refractivity contribution in [2.75, 3.05) is 0 Å². The first kappa shape index (κ1) is 14.6. The van der Waals surface area contributed by atoms with Crippen LogP contribution >= 0.6 is 0 Å². The minimum absolute atomic E-state index is 0.103. The summed E-state index contributed by atoms with van der Waals surface area (Å²) in [6, 6.07) is 1.73. The highest BCUT2D eigenvalue weighted by atomic mass is 16.2. The van der Waals surface area contributed by atoms with Gasteiger partial charge in [-0.05, 0) is 39.2 Å². The standard InChI is InChI=1S/C14H23N3O/c1-6-14(7-2,8-3)17-13(18)12-9-10(4)15-11(5)16-12/h9H,6-8H2,1-5H3,(H,17,18). The van der Waals surface area contributed by atoms with Gasteiger partial charge in [0.1, 0.15) is 11.5 Å². The van der Waals surface area contributed by atoms with E-state index in [1.165, 1.54) is 0 Å². The Bertz CT molecular complexity index is 397. The van der Waals surface area contributed by atoms with Crippen LogP contribution in [-0.4, -0.2) is 21.4 Å². The van der Waals surface area contributed by atoms with E-state index in [0.29, 0.717) is 11.5 Å². The third-order valence-corrected chi connectivity index (χ3v) is 3.61.